The van der Waals surface area contributed by atoms with Gasteiger partial charge in [0.05, 0.1) is 0 Å². The molecule has 0 spiro atoms. The number of nitrogens with zero attached hydrogens (tertiary/aromatic N) is 1. The highest BCUT2D eigenvalue weighted by Gasteiger charge is 2.39. The Bertz CT molecular complexity index is 259. The van der Waals surface area contributed by atoms with Crippen molar-refractivity contribution in [2.45, 2.75) is 32.2 Å². The molecule has 0 aromatic carbocycles. The first-order valence-electron chi connectivity index (χ1n) is 5.27. The lowest BCUT2D eigenvalue weighted by molar-refractivity contribution is -0.142. The van der Waals surface area contributed by atoms with E-state index in [0.717, 1.165) is 25.9 Å². The second kappa shape index (κ2) is 3.69. The quantitative estimate of drug-likeness (QED) is 0.607. The molecular formula is C10H16N2O2. The van der Waals surface area contributed by atoms with Gasteiger partial charge in [0.1, 0.15) is 0 Å². The summed E-state index contributed by atoms with van der Waals surface area (Å²) in [6.45, 7) is 3.66. The van der Waals surface area contributed by atoms with Crippen molar-refractivity contribution in [1.29, 1.82) is 0 Å². The molecule has 0 saturated carbocycles. The maximum absolute atomic E-state index is 11.7. The monoisotopic (exact) mass is 196 g/mol. The summed E-state index contributed by atoms with van der Waals surface area (Å²) in [5.41, 5.74) is 0. The molecule has 2 rings (SSSR count). The number of rotatable bonds is 1. The van der Waals surface area contributed by atoms with Crippen LogP contribution in [0.2, 0.25) is 0 Å². The highest BCUT2D eigenvalue weighted by molar-refractivity contribution is 6.03. The van der Waals surface area contributed by atoms with Gasteiger partial charge in [-0.2, -0.15) is 0 Å². The topological polar surface area (TPSA) is 49.4 Å². The second-order valence-corrected chi connectivity index (χ2v) is 4.19. The summed E-state index contributed by atoms with van der Waals surface area (Å²) in [5.74, 6) is -0.0475. The predicted octanol–water partition coefficient (Wildman–Crippen LogP) is 0.133. The lowest BCUT2D eigenvalue weighted by Gasteiger charge is -2.30. The number of carbonyl (C=O) groups excluding carboxylic acids is 2. The fourth-order valence-electron chi connectivity index (χ4n) is 2.26. The minimum absolute atomic E-state index is 0.0226. The Morgan fingerprint density at radius 3 is 2.43 bits per heavy atom. The second-order valence-electron chi connectivity index (χ2n) is 4.19. The number of imide groups is 1. The van der Waals surface area contributed by atoms with Crippen molar-refractivity contribution in [2.24, 2.45) is 5.92 Å². The van der Waals surface area contributed by atoms with Crippen molar-refractivity contribution in [3.63, 3.8) is 0 Å². The summed E-state index contributed by atoms with van der Waals surface area (Å²) in [5, 5.41) is 3.23. The van der Waals surface area contributed by atoms with Crippen LogP contribution < -0.4 is 5.32 Å². The molecule has 1 unspecified atom stereocenters. The number of carbonyl (C=O) groups is 2. The molecule has 0 radical (unpaired) electrons. The van der Waals surface area contributed by atoms with Crippen LogP contribution in [-0.4, -0.2) is 35.8 Å². The lowest BCUT2D eigenvalue weighted by Crippen LogP contribution is -2.46. The molecule has 0 bridgehead atoms. The van der Waals surface area contributed by atoms with Crippen LogP contribution in [0.25, 0.3) is 0 Å². The Morgan fingerprint density at radius 2 is 1.93 bits per heavy atom. The van der Waals surface area contributed by atoms with Gasteiger partial charge in [-0.25, -0.2) is 0 Å². The Hall–Kier alpha value is -0.900. The first-order chi connectivity index (χ1) is 6.70. The van der Waals surface area contributed by atoms with E-state index in [2.05, 4.69) is 5.32 Å². The first-order valence-corrected chi connectivity index (χ1v) is 5.27. The summed E-state index contributed by atoms with van der Waals surface area (Å²) >= 11 is 0. The van der Waals surface area contributed by atoms with E-state index in [0.29, 0.717) is 6.42 Å². The Morgan fingerprint density at radius 1 is 1.29 bits per heavy atom. The van der Waals surface area contributed by atoms with E-state index in [4.69, 9.17) is 0 Å². The third-order valence-electron chi connectivity index (χ3n) is 3.08. The number of piperidine rings is 1. The molecule has 2 heterocycles. The molecule has 0 aliphatic carbocycles. The standard InChI is InChI=1S/C10H16N2O2/c1-7-6-9(13)12(10(7)14)8-2-4-11-5-3-8/h7-8,11H,2-6H2,1H3. The van der Waals surface area contributed by atoms with Gasteiger partial charge < -0.3 is 5.32 Å². The Kier molecular flexibility index (Phi) is 2.54. The van der Waals surface area contributed by atoms with Gasteiger partial charge in [-0.05, 0) is 25.9 Å². The zero-order valence-corrected chi connectivity index (χ0v) is 8.45. The summed E-state index contributed by atoms with van der Waals surface area (Å²) < 4.78 is 0. The molecule has 1 N–H and O–H groups in total. The Labute approximate surface area is 83.6 Å². The van der Waals surface area contributed by atoms with Crippen LogP contribution in [0.3, 0.4) is 0 Å². The zero-order chi connectivity index (χ0) is 10.1. The van der Waals surface area contributed by atoms with Gasteiger partial charge in [-0.3, -0.25) is 14.5 Å². The summed E-state index contributed by atoms with van der Waals surface area (Å²) in [6, 6.07) is 0.154. The average Bonchev–Trinajstić information content (AvgIpc) is 2.43. The van der Waals surface area contributed by atoms with Crippen LogP contribution >= 0.6 is 0 Å². The van der Waals surface area contributed by atoms with Gasteiger partial charge in [0, 0.05) is 18.4 Å². The van der Waals surface area contributed by atoms with Crippen LogP contribution in [0, 0.1) is 5.92 Å². The molecule has 4 nitrogen and oxygen atoms in total. The smallest absolute Gasteiger partial charge is 0.232 e. The van der Waals surface area contributed by atoms with Gasteiger partial charge in [-0.1, -0.05) is 6.92 Å². The highest BCUT2D eigenvalue weighted by Crippen LogP contribution is 2.24. The summed E-state index contributed by atoms with van der Waals surface area (Å²) in [7, 11) is 0. The van der Waals surface area contributed by atoms with E-state index in [-0.39, 0.29) is 23.8 Å². The molecule has 78 valence electrons. The Balaban J connectivity index is 2.08. The first kappa shape index (κ1) is 9.65. The van der Waals surface area contributed by atoms with Crippen molar-refractivity contribution in [3.8, 4) is 0 Å². The molecule has 2 fully saturated rings. The molecule has 2 saturated heterocycles. The molecule has 2 aliphatic rings. The molecule has 0 aromatic heterocycles. The molecular weight excluding hydrogens is 180 g/mol. The number of amides is 2. The van der Waals surface area contributed by atoms with Crippen molar-refractivity contribution >= 4 is 11.8 Å². The molecule has 0 aromatic rings. The van der Waals surface area contributed by atoms with Gasteiger partial charge in [-0.15, -0.1) is 0 Å². The average molecular weight is 196 g/mol. The largest absolute Gasteiger partial charge is 0.317 e. The fraction of sp³-hybridized carbons (Fsp3) is 0.800. The fourth-order valence-corrected chi connectivity index (χ4v) is 2.26. The normalized spacial score (nSPS) is 30.1. The van der Waals surface area contributed by atoms with Gasteiger partial charge in [0.15, 0.2) is 0 Å². The minimum Gasteiger partial charge on any atom is -0.317 e. The van der Waals surface area contributed by atoms with E-state index in [1.165, 1.54) is 4.90 Å². The third kappa shape index (κ3) is 1.54. The van der Waals surface area contributed by atoms with E-state index in [1.54, 1.807) is 0 Å². The van der Waals surface area contributed by atoms with E-state index in [9.17, 15) is 9.59 Å². The molecule has 1 atom stereocenters. The number of hydrogen-bond acceptors (Lipinski definition) is 3. The molecule has 2 aliphatic heterocycles. The molecule has 4 heteroatoms. The van der Waals surface area contributed by atoms with E-state index in [1.807, 2.05) is 6.92 Å². The van der Waals surface area contributed by atoms with Crippen molar-refractivity contribution < 1.29 is 9.59 Å². The highest BCUT2D eigenvalue weighted by atomic mass is 16.2. The summed E-state index contributed by atoms with van der Waals surface area (Å²) in [4.78, 5) is 24.8. The predicted molar refractivity (Wildman–Crippen MR) is 51.5 cm³/mol. The van der Waals surface area contributed by atoms with Crippen molar-refractivity contribution in [3.05, 3.63) is 0 Å². The number of hydrogen-bond donors (Lipinski definition) is 1. The minimum atomic E-state index is -0.0996. The molecule has 2 amide bonds. The maximum Gasteiger partial charge on any atom is 0.232 e. The van der Waals surface area contributed by atoms with Gasteiger partial charge >= 0.3 is 0 Å². The zero-order valence-electron chi connectivity index (χ0n) is 8.45. The van der Waals surface area contributed by atoms with Crippen LogP contribution in [0.1, 0.15) is 26.2 Å². The van der Waals surface area contributed by atoms with Crippen molar-refractivity contribution in [2.75, 3.05) is 13.1 Å². The lowest BCUT2D eigenvalue weighted by atomic mass is 10.1. The van der Waals surface area contributed by atoms with Gasteiger partial charge in [0.2, 0.25) is 11.8 Å². The number of nitrogens with one attached hydrogen (secondary N) is 1. The van der Waals surface area contributed by atoms with Crippen molar-refractivity contribution in [1.82, 2.24) is 10.2 Å². The van der Waals surface area contributed by atoms with Crippen LogP contribution in [0.15, 0.2) is 0 Å². The maximum atomic E-state index is 11.7. The third-order valence-corrected chi connectivity index (χ3v) is 3.08. The number of likely N-dealkylation sites (tertiary alicyclic amines) is 1. The molecule has 14 heavy (non-hydrogen) atoms. The van der Waals surface area contributed by atoms with Crippen LogP contribution in [0.4, 0.5) is 0 Å². The van der Waals surface area contributed by atoms with Gasteiger partial charge in [0.25, 0.3) is 0 Å². The van der Waals surface area contributed by atoms with E-state index >= 15 is 0 Å². The van der Waals surface area contributed by atoms with E-state index < -0.39 is 0 Å². The van der Waals surface area contributed by atoms with Crippen LogP contribution in [0.5, 0.6) is 0 Å². The SMILES string of the molecule is CC1CC(=O)N(C2CCNCC2)C1=O. The van der Waals surface area contributed by atoms with Crippen LogP contribution in [-0.2, 0) is 9.59 Å². The summed E-state index contributed by atoms with van der Waals surface area (Å²) in [6.07, 6.45) is 2.22.